The van der Waals surface area contributed by atoms with Crippen LogP contribution in [0.15, 0.2) is 24.4 Å². The van der Waals surface area contributed by atoms with Gasteiger partial charge in [-0.15, -0.1) is 0 Å². The molecule has 1 N–H and O–H groups in total. The summed E-state index contributed by atoms with van der Waals surface area (Å²) in [6.45, 7) is 4.62. The summed E-state index contributed by atoms with van der Waals surface area (Å²) in [5.74, 6) is -0.185. The van der Waals surface area contributed by atoms with Crippen LogP contribution < -0.4 is 0 Å². The van der Waals surface area contributed by atoms with Crippen LogP contribution in [0.2, 0.25) is 0 Å². The van der Waals surface area contributed by atoms with E-state index >= 15 is 0 Å². The van der Waals surface area contributed by atoms with Gasteiger partial charge in [0.25, 0.3) is 6.47 Å². The molecule has 0 unspecified atom stereocenters. The number of carbonyl (C=O) groups excluding carboxylic acids is 1. The summed E-state index contributed by atoms with van der Waals surface area (Å²) in [5.41, 5.74) is 1.68. The number of benzene rings is 1. The van der Waals surface area contributed by atoms with Gasteiger partial charge in [-0.05, 0) is 25.5 Å². The first-order chi connectivity index (χ1) is 7.70. The highest BCUT2D eigenvalue weighted by Crippen LogP contribution is 2.19. The molecule has 0 aliphatic rings. The van der Waals surface area contributed by atoms with Crippen molar-refractivity contribution < 1.29 is 13.9 Å². The van der Waals surface area contributed by atoms with Crippen LogP contribution in [0.25, 0.3) is 10.9 Å². The molecule has 2 rings (SSSR count). The highest BCUT2D eigenvalue weighted by Gasteiger charge is 2.02. The van der Waals surface area contributed by atoms with E-state index in [1.54, 1.807) is 13.0 Å². The lowest BCUT2D eigenvalue weighted by molar-refractivity contribution is -0.128. The molecule has 0 saturated heterocycles. The van der Waals surface area contributed by atoms with E-state index < -0.39 is 0 Å². The maximum atomic E-state index is 13.0. The van der Waals surface area contributed by atoms with Gasteiger partial charge in [0.1, 0.15) is 5.82 Å². The molecule has 0 spiro atoms. The molecule has 1 aromatic carbocycles. The van der Waals surface area contributed by atoms with Crippen molar-refractivity contribution in [2.45, 2.75) is 13.8 Å². The van der Waals surface area contributed by atoms with Crippen molar-refractivity contribution in [2.24, 2.45) is 0 Å². The molecular formula is C12H14FNO2. The molecule has 0 aliphatic heterocycles. The standard InChI is InChI=1S/C9H8FN.C3H6O2/c1-6-5-11-9-7(6)3-2-4-8(9)10;1-2-5-3-4/h2-5,11H,1H3;3H,2H2,1H3. The number of aromatic amines is 1. The summed E-state index contributed by atoms with van der Waals surface area (Å²) in [6, 6.07) is 5.08. The van der Waals surface area contributed by atoms with Crippen molar-refractivity contribution in [3.05, 3.63) is 35.8 Å². The molecule has 0 fully saturated rings. The fourth-order valence-electron chi connectivity index (χ4n) is 1.33. The zero-order valence-corrected chi connectivity index (χ0v) is 9.29. The predicted octanol–water partition coefficient (Wildman–Crippen LogP) is 2.79. The number of nitrogens with one attached hydrogen (secondary N) is 1. The fraction of sp³-hybridized carbons (Fsp3) is 0.250. The third-order valence-electron chi connectivity index (χ3n) is 2.11. The molecule has 0 bridgehead atoms. The average molecular weight is 223 g/mol. The van der Waals surface area contributed by atoms with Crippen LogP contribution in [0.3, 0.4) is 0 Å². The first-order valence-corrected chi connectivity index (χ1v) is 4.98. The van der Waals surface area contributed by atoms with Crippen LogP contribution in [0.4, 0.5) is 4.39 Å². The first kappa shape index (κ1) is 12.2. The number of fused-ring (bicyclic) bond motifs is 1. The second-order valence-corrected chi connectivity index (χ2v) is 3.19. The molecule has 1 aromatic heterocycles. The Morgan fingerprint density at radius 3 is 2.75 bits per heavy atom. The fourth-order valence-corrected chi connectivity index (χ4v) is 1.33. The average Bonchev–Trinajstić information content (AvgIpc) is 2.65. The molecule has 0 saturated carbocycles. The molecule has 0 amide bonds. The Balaban J connectivity index is 0.000000221. The molecule has 0 atom stereocenters. The number of ether oxygens (including phenoxy) is 1. The van der Waals surface area contributed by atoms with Crippen molar-refractivity contribution in [1.82, 2.24) is 4.98 Å². The number of hydrogen-bond donors (Lipinski definition) is 1. The van der Waals surface area contributed by atoms with Gasteiger partial charge in [0, 0.05) is 11.6 Å². The van der Waals surface area contributed by atoms with Crippen LogP contribution in [-0.4, -0.2) is 18.1 Å². The summed E-state index contributed by atoms with van der Waals surface area (Å²) >= 11 is 0. The second-order valence-electron chi connectivity index (χ2n) is 3.19. The normalized spacial score (nSPS) is 9.44. The van der Waals surface area contributed by atoms with Crippen molar-refractivity contribution in [2.75, 3.05) is 6.61 Å². The zero-order valence-electron chi connectivity index (χ0n) is 9.29. The van der Waals surface area contributed by atoms with Gasteiger partial charge in [0.15, 0.2) is 0 Å². The molecule has 16 heavy (non-hydrogen) atoms. The van der Waals surface area contributed by atoms with Gasteiger partial charge in [-0.1, -0.05) is 12.1 Å². The van der Waals surface area contributed by atoms with Crippen molar-refractivity contribution in [1.29, 1.82) is 0 Å². The van der Waals surface area contributed by atoms with E-state index in [1.165, 1.54) is 6.07 Å². The van der Waals surface area contributed by atoms with Gasteiger partial charge in [-0.3, -0.25) is 4.79 Å². The summed E-state index contributed by atoms with van der Waals surface area (Å²) in [4.78, 5) is 12.1. The van der Waals surface area contributed by atoms with Crippen LogP contribution in [-0.2, 0) is 9.53 Å². The Kier molecular flexibility index (Phi) is 4.51. The van der Waals surface area contributed by atoms with Gasteiger partial charge in [-0.2, -0.15) is 0 Å². The maximum absolute atomic E-state index is 13.0. The number of aryl methyl sites for hydroxylation is 1. The smallest absolute Gasteiger partial charge is 0.293 e. The molecule has 2 aromatic rings. The van der Waals surface area contributed by atoms with Gasteiger partial charge in [0.2, 0.25) is 0 Å². The van der Waals surface area contributed by atoms with E-state index in [4.69, 9.17) is 0 Å². The third-order valence-corrected chi connectivity index (χ3v) is 2.11. The lowest BCUT2D eigenvalue weighted by Crippen LogP contribution is -1.80. The van der Waals surface area contributed by atoms with Crippen molar-refractivity contribution >= 4 is 17.4 Å². The Bertz CT molecular complexity index is 465. The van der Waals surface area contributed by atoms with Crippen LogP contribution in [0, 0.1) is 12.7 Å². The molecule has 3 nitrogen and oxygen atoms in total. The minimum absolute atomic E-state index is 0.185. The second kappa shape index (κ2) is 5.90. The lowest BCUT2D eigenvalue weighted by atomic mass is 10.2. The van der Waals surface area contributed by atoms with Crippen molar-refractivity contribution in [3.63, 3.8) is 0 Å². The number of hydrogen-bond acceptors (Lipinski definition) is 2. The molecular weight excluding hydrogens is 209 g/mol. The Morgan fingerprint density at radius 2 is 2.25 bits per heavy atom. The Morgan fingerprint density at radius 1 is 1.50 bits per heavy atom. The van der Waals surface area contributed by atoms with Gasteiger partial charge >= 0.3 is 0 Å². The zero-order chi connectivity index (χ0) is 12.0. The van der Waals surface area contributed by atoms with Crippen LogP contribution in [0.1, 0.15) is 12.5 Å². The predicted molar refractivity (Wildman–Crippen MR) is 60.7 cm³/mol. The van der Waals surface area contributed by atoms with E-state index in [9.17, 15) is 9.18 Å². The number of carbonyl (C=O) groups is 1. The molecule has 0 radical (unpaired) electrons. The van der Waals surface area contributed by atoms with Gasteiger partial charge in [0.05, 0.1) is 12.1 Å². The van der Waals surface area contributed by atoms with E-state index in [0.717, 1.165) is 10.9 Å². The summed E-state index contributed by atoms with van der Waals surface area (Å²) < 4.78 is 17.1. The van der Waals surface area contributed by atoms with Crippen LogP contribution in [0.5, 0.6) is 0 Å². The minimum Gasteiger partial charge on any atom is -0.468 e. The largest absolute Gasteiger partial charge is 0.468 e. The molecule has 1 heterocycles. The highest BCUT2D eigenvalue weighted by molar-refractivity contribution is 5.83. The summed E-state index contributed by atoms with van der Waals surface area (Å²) in [7, 11) is 0. The van der Waals surface area contributed by atoms with E-state index in [2.05, 4.69) is 9.72 Å². The molecule has 0 aliphatic carbocycles. The van der Waals surface area contributed by atoms with Crippen LogP contribution >= 0.6 is 0 Å². The van der Waals surface area contributed by atoms with Crippen molar-refractivity contribution in [3.8, 4) is 0 Å². The Labute approximate surface area is 93.2 Å². The van der Waals surface area contributed by atoms with E-state index in [-0.39, 0.29) is 5.82 Å². The Hall–Kier alpha value is -1.84. The van der Waals surface area contributed by atoms with Gasteiger partial charge < -0.3 is 9.72 Å². The quantitative estimate of drug-likeness (QED) is 0.795. The molecule has 4 heteroatoms. The number of H-pyrrole nitrogens is 1. The summed E-state index contributed by atoms with van der Waals surface area (Å²) in [6.07, 6.45) is 1.81. The van der Waals surface area contributed by atoms with E-state index in [1.807, 2.05) is 19.2 Å². The monoisotopic (exact) mass is 223 g/mol. The third kappa shape index (κ3) is 2.82. The van der Waals surface area contributed by atoms with E-state index in [0.29, 0.717) is 18.6 Å². The maximum Gasteiger partial charge on any atom is 0.293 e. The topological polar surface area (TPSA) is 42.1 Å². The number of para-hydroxylation sites is 1. The number of aromatic nitrogens is 1. The lowest BCUT2D eigenvalue weighted by Gasteiger charge is -1.90. The minimum atomic E-state index is -0.185. The summed E-state index contributed by atoms with van der Waals surface area (Å²) in [5, 5.41) is 0.963. The molecule has 86 valence electrons. The number of rotatable bonds is 2. The SMILES string of the molecule is CCOC=O.Cc1c[nH]c2c(F)cccc12. The highest BCUT2D eigenvalue weighted by atomic mass is 19.1. The van der Waals surface area contributed by atoms with Gasteiger partial charge in [-0.25, -0.2) is 4.39 Å². The first-order valence-electron chi connectivity index (χ1n) is 4.98. The number of halogens is 1.